The van der Waals surface area contributed by atoms with E-state index >= 15 is 0 Å². The maximum Gasteiger partial charge on any atom is 0.273 e. The van der Waals surface area contributed by atoms with E-state index in [1.165, 1.54) is 23.3 Å². The van der Waals surface area contributed by atoms with Crippen LogP contribution in [0, 0.1) is 5.92 Å². The number of aromatic nitrogens is 1. The van der Waals surface area contributed by atoms with E-state index in [2.05, 4.69) is 40.2 Å². The van der Waals surface area contributed by atoms with Crippen molar-refractivity contribution in [3.8, 4) is 0 Å². The Bertz CT molecular complexity index is 658. The van der Waals surface area contributed by atoms with Gasteiger partial charge in [-0.25, -0.2) is 4.98 Å². The van der Waals surface area contributed by atoms with Crippen molar-refractivity contribution in [1.82, 2.24) is 14.8 Å². The molecule has 1 aromatic carbocycles. The van der Waals surface area contributed by atoms with Crippen molar-refractivity contribution in [2.24, 2.45) is 5.92 Å². The van der Waals surface area contributed by atoms with Crippen LogP contribution in [-0.4, -0.2) is 52.9 Å². The number of amides is 1. The van der Waals surface area contributed by atoms with Crippen molar-refractivity contribution in [1.29, 1.82) is 0 Å². The molecule has 0 saturated carbocycles. The van der Waals surface area contributed by atoms with Gasteiger partial charge in [0.1, 0.15) is 5.69 Å². The SMILES string of the molecule is O=C(c1cscn1)N1C[C@H]2CN(CCCc3ccccc3)[C@@H]2C1. The number of fused-ring (bicyclic) bond motifs is 1. The smallest absolute Gasteiger partial charge is 0.273 e. The summed E-state index contributed by atoms with van der Waals surface area (Å²) in [5, 5.41) is 1.85. The fourth-order valence-electron chi connectivity index (χ4n) is 3.78. The van der Waals surface area contributed by atoms with Gasteiger partial charge in [0.05, 0.1) is 5.51 Å². The van der Waals surface area contributed by atoms with Crippen molar-refractivity contribution in [2.45, 2.75) is 18.9 Å². The van der Waals surface area contributed by atoms with Gasteiger partial charge in [0.2, 0.25) is 0 Å². The van der Waals surface area contributed by atoms with Crippen molar-refractivity contribution < 1.29 is 4.79 Å². The molecule has 0 radical (unpaired) electrons. The molecule has 1 aromatic heterocycles. The standard InChI is InChI=1S/C18H21N3OS/c22-18(16-12-23-13-19-16)21-10-15-9-20(17(15)11-21)8-4-7-14-5-2-1-3-6-14/h1-3,5-6,12-13,15,17H,4,7-11H2/t15-,17-/m1/s1. The first-order valence-electron chi connectivity index (χ1n) is 8.27. The summed E-state index contributed by atoms with van der Waals surface area (Å²) in [6.07, 6.45) is 2.32. The van der Waals surface area contributed by atoms with Gasteiger partial charge in [-0.1, -0.05) is 30.3 Å². The van der Waals surface area contributed by atoms with Crippen LogP contribution in [0.25, 0.3) is 0 Å². The molecule has 2 saturated heterocycles. The van der Waals surface area contributed by atoms with Gasteiger partial charge < -0.3 is 4.90 Å². The number of hydrogen-bond acceptors (Lipinski definition) is 4. The molecule has 120 valence electrons. The number of benzene rings is 1. The van der Waals surface area contributed by atoms with Gasteiger partial charge in [0.25, 0.3) is 5.91 Å². The lowest BCUT2D eigenvalue weighted by atomic mass is 9.91. The highest BCUT2D eigenvalue weighted by molar-refractivity contribution is 7.07. The van der Waals surface area contributed by atoms with E-state index in [9.17, 15) is 4.79 Å². The van der Waals surface area contributed by atoms with Gasteiger partial charge in [-0.15, -0.1) is 11.3 Å². The van der Waals surface area contributed by atoms with Gasteiger partial charge in [-0.3, -0.25) is 9.69 Å². The van der Waals surface area contributed by atoms with Crippen molar-refractivity contribution in [3.63, 3.8) is 0 Å². The molecule has 4 rings (SSSR count). The van der Waals surface area contributed by atoms with Gasteiger partial charge in [-0.05, 0) is 24.9 Å². The third-order valence-corrected chi connectivity index (χ3v) is 5.62. The molecule has 2 aliphatic rings. The third-order valence-electron chi connectivity index (χ3n) is 5.04. The minimum absolute atomic E-state index is 0.102. The number of thiazole rings is 1. The van der Waals surface area contributed by atoms with E-state index in [0.29, 0.717) is 17.7 Å². The first-order valence-corrected chi connectivity index (χ1v) is 9.21. The fraction of sp³-hybridized carbons (Fsp3) is 0.444. The third kappa shape index (κ3) is 3.03. The summed E-state index contributed by atoms with van der Waals surface area (Å²) in [5.41, 5.74) is 3.75. The van der Waals surface area contributed by atoms with Crippen LogP contribution >= 0.6 is 11.3 Å². The Morgan fingerprint density at radius 2 is 2.09 bits per heavy atom. The molecule has 4 nitrogen and oxygen atoms in total. The van der Waals surface area contributed by atoms with Crippen LogP contribution in [-0.2, 0) is 6.42 Å². The Balaban J connectivity index is 1.26. The zero-order chi connectivity index (χ0) is 15.6. The van der Waals surface area contributed by atoms with Gasteiger partial charge >= 0.3 is 0 Å². The summed E-state index contributed by atoms with van der Waals surface area (Å²) in [6.45, 7) is 4.04. The number of aryl methyl sites for hydroxylation is 1. The molecular formula is C18H21N3OS. The molecule has 5 heteroatoms. The second-order valence-corrected chi connectivity index (χ2v) is 7.21. The maximum atomic E-state index is 12.4. The number of carbonyl (C=O) groups excluding carboxylic acids is 1. The first-order chi connectivity index (χ1) is 11.3. The van der Waals surface area contributed by atoms with Crippen LogP contribution < -0.4 is 0 Å². The summed E-state index contributed by atoms with van der Waals surface area (Å²) in [6, 6.07) is 11.2. The molecule has 0 spiro atoms. The fourth-order valence-corrected chi connectivity index (χ4v) is 4.31. The lowest BCUT2D eigenvalue weighted by Crippen LogP contribution is -2.55. The highest BCUT2D eigenvalue weighted by Gasteiger charge is 2.46. The molecule has 23 heavy (non-hydrogen) atoms. The van der Waals surface area contributed by atoms with Crippen molar-refractivity contribution in [3.05, 3.63) is 52.5 Å². The molecule has 0 bridgehead atoms. The Labute approximate surface area is 140 Å². The Kier molecular flexibility index (Phi) is 4.14. The quantitative estimate of drug-likeness (QED) is 0.847. The predicted molar refractivity (Wildman–Crippen MR) is 91.6 cm³/mol. The van der Waals surface area contributed by atoms with E-state index in [1.54, 1.807) is 5.51 Å². The Morgan fingerprint density at radius 1 is 1.22 bits per heavy atom. The zero-order valence-electron chi connectivity index (χ0n) is 13.1. The molecule has 0 N–H and O–H groups in total. The number of likely N-dealkylation sites (tertiary alicyclic amines) is 2. The number of carbonyl (C=O) groups is 1. The van der Waals surface area contributed by atoms with E-state index < -0.39 is 0 Å². The van der Waals surface area contributed by atoms with Gasteiger partial charge in [0, 0.05) is 37.0 Å². The zero-order valence-corrected chi connectivity index (χ0v) is 13.9. The monoisotopic (exact) mass is 327 g/mol. The number of rotatable bonds is 5. The summed E-state index contributed by atoms with van der Waals surface area (Å²) in [7, 11) is 0. The summed E-state index contributed by atoms with van der Waals surface area (Å²) < 4.78 is 0. The summed E-state index contributed by atoms with van der Waals surface area (Å²) in [4.78, 5) is 21.1. The average Bonchev–Trinajstić information content (AvgIpc) is 3.20. The number of nitrogens with zero attached hydrogens (tertiary/aromatic N) is 3. The van der Waals surface area contributed by atoms with Gasteiger partial charge in [0.15, 0.2) is 0 Å². The first kappa shape index (κ1) is 14.8. The van der Waals surface area contributed by atoms with Crippen LogP contribution in [0.2, 0.25) is 0 Å². The van der Waals surface area contributed by atoms with Crippen LogP contribution in [0.5, 0.6) is 0 Å². The normalized spacial score (nSPS) is 23.6. The van der Waals surface area contributed by atoms with Crippen molar-refractivity contribution in [2.75, 3.05) is 26.2 Å². The average molecular weight is 327 g/mol. The maximum absolute atomic E-state index is 12.4. The van der Waals surface area contributed by atoms with Crippen LogP contribution in [0.3, 0.4) is 0 Å². The molecule has 2 atom stereocenters. The predicted octanol–water partition coefficient (Wildman–Crippen LogP) is 2.53. The van der Waals surface area contributed by atoms with Crippen LogP contribution in [0.15, 0.2) is 41.2 Å². The largest absolute Gasteiger partial charge is 0.335 e. The lowest BCUT2D eigenvalue weighted by molar-refractivity contribution is 0.0505. The topological polar surface area (TPSA) is 36.4 Å². The molecule has 2 fully saturated rings. The molecule has 0 unspecified atom stereocenters. The van der Waals surface area contributed by atoms with Gasteiger partial charge in [-0.2, -0.15) is 0 Å². The molecule has 2 aromatic rings. The highest BCUT2D eigenvalue weighted by Crippen LogP contribution is 2.33. The molecular weight excluding hydrogens is 306 g/mol. The summed E-state index contributed by atoms with van der Waals surface area (Å²) >= 11 is 1.48. The summed E-state index contributed by atoms with van der Waals surface area (Å²) in [5.74, 6) is 0.763. The molecule has 0 aliphatic carbocycles. The molecule has 2 aliphatic heterocycles. The number of hydrogen-bond donors (Lipinski definition) is 0. The van der Waals surface area contributed by atoms with E-state index in [-0.39, 0.29) is 5.91 Å². The molecule has 3 heterocycles. The van der Waals surface area contributed by atoms with Crippen LogP contribution in [0.4, 0.5) is 0 Å². The minimum atomic E-state index is 0.102. The Morgan fingerprint density at radius 3 is 2.87 bits per heavy atom. The van der Waals surface area contributed by atoms with Crippen molar-refractivity contribution >= 4 is 17.2 Å². The second-order valence-electron chi connectivity index (χ2n) is 6.50. The highest BCUT2D eigenvalue weighted by atomic mass is 32.1. The van der Waals surface area contributed by atoms with E-state index in [1.807, 2.05) is 10.3 Å². The van der Waals surface area contributed by atoms with E-state index in [0.717, 1.165) is 32.6 Å². The second kappa shape index (κ2) is 6.42. The van der Waals surface area contributed by atoms with E-state index in [4.69, 9.17) is 0 Å². The lowest BCUT2D eigenvalue weighted by Gasteiger charge is -2.43. The Hall–Kier alpha value is -1.72. The van der Waals surface area contributed by atoms with Crippen LogP contribution in [0.1, 0.15) is 22.5 Å². The minimum Gasteiger partial charge on any atom is -0.335 e. The molecule has 1 amide bonds.